The van der Waals surface area contributed by atoms with E-state index in [0.29, 0.717) is 34.8 Å². The van der Waals surface area contributed by atoms with Gasteiger partial charge in [0.15, 0.2) is 5.78 Å². The van der Waals surface area contributed by atoms with Gasteiger partial charge in [0.25, 0.3) is 0 Å². The summed E-state index contributed by atoms with van der Waals surface area (Å²) < 4.78 is 6.20. The molecule has 1 fully saturated rings. The van der Waals surface area contributed by atoms with Crippen LogP contribution in [0.2, 0.25) is 0 Å². The molecule has 0 amide bonds. The first-order chi connectivity index (χ1) is 16.7. The summed E-state index contributed by atoms with van der Waals surface area (Å²) in [5, 5.41) is 20.1. The van der Waals surface area contributed by atoms with Crippen LogP contribution in [0.5, 0.6) is 5.75 Å². The zero-order valence-corrected chi connectivity index (χ0v) is 20.3. The van der Waals surface area contributed by atoms with E-state index in [-0.39, 0.29) is 24.4 Å². The molecule has 0 saturated heterocycles. The van der Waals surface area contributed by atoms with Crippen molar-refractivity contribution >= 4 is 17.7 Å². The minimum Gasteiger partial charge on any atom is -0.489 e. The Morgan fingerprint density at radius 3 is 2.43 bits per heavy atom. The van der Waals surface area contributed by atoms with Gasteiger partial charge >= 0.3 is 11.9 Å². The summed E-state index contributed by atoms with van der Waals surface area (Å²) in [6.45, 7) is 5.54. The molecular weight excluding hydrogens is 444 g/mol. The maximum Gasteiger partial charge on any atom is 0.331 e. The number of carboxylic acids is 2. The first-order valence-electron chi connectivity index (χ1n) is 11.9. The van der Waals surface area contributed by atoms with Gasteiger partial charge in [-0.2, -0.15) is 0 Å². The number of carboxylic acid groups (broad SMARTS) is 2. The summed E-state index contributed by atoms with van der Waals surface area (Å²) in [5.41, 5.74) is 3.03. The molecule has 0 aliphatic heterocycles. The van der Waals surface area contributed by atoms with Crippen molar-refractivity contribution in [3.8, 4) is 5.75 Å². The molecule has 2 aliphatic rings. The van der Waals surface area contributed by atoms with E-state index in [9.17, 15) is 24.6 Å². The summed E-state index contributed by atoms with van der Waals surface area (Å²) in [7, 11) is 0. The summed E-state index contributed by atoms with van der Waals surface area (Å²) in [5.74, 6) is -1.17. The highest BCUT2D eigenvalue weighted by atomic mass is 16.5. The van der Waals surface area contributed by atoms with Crippen LogP contribution >= 0.6 is 0 Å². The van der Waals surface area contributed by atoms with E-state index in [2.05, 4.69) is 0 Å². The lowest BCUT2D eigenvalue weighted by atomic mass is 9.69. The Kier molecular flexibility index (Phi) is 6.66. The van der Waals surface area contributed by atoms with Gasteiger partial charge in [-0.25, -0.2) is 4.79 Å². The lowest BCUT2D eigenvalue weighted by Crippen LogP contribution is -2.38. The number of carbonyl (C=O) groups excluding carboxylic acids is 1. The van der Waals surface area contributed by atoms with E-state index in [1.165, 1.54) is 0 Å². The Bertz CT molecular complexity index is 1260. The molecule has 4 rings (SSSR count). The number of hydrogen-bond acceptors (Lipinski definition) is 4. The van der Waals surface area contributed by atoms with Crippen LogP contribution in [0.4, 0.5) is 0 Å². The minimum absolute atomic E-state index is 0.0612. The molecule has 0 aromatic heterocycles. The van der Waals surface area contributed by atoms with E-state index in [1.54, 1.807) is 37.3 Å². The molecular formula is C29H30O6. The van der Waals surface area contributed by atoms with Crippen molar-refractivity contribution in [2.75, 3.05) is 0 Å². The van der Waals surface area contributed by atoms with Gasteiger partial charge in [-0.3, -0.25) is 9.59 Å². The average molecular weight is 475 g/mol. The molecule has 6 nitrogen and oxygen atoms in total. The lowest BCUT2D eigenvalue weighted by Gasteiger charge is -2.33. The molecule has 6 heteroatoms. The van der Waals surface area contributed by atoms with Crippen molar-refractivity contribution in [1.82, 2.24) is 0 Å². The highest BCUT2D eigenvalue weighted by Crippen LogP contribution is 2.46. The second kappa shape index (κ2) is 9.53. The van der Waals surface area contributed by atoms with Crippen LogP contribution in [0.1, 0.15) is 78.1 Å². The third kappa shape index (κ3) is 4.65. The Balaban J connectivity index is 1.75. The van der Waals surface area contributed by atoms with Gasteiger partial charge in [-0.1, -0.05) is 37.3 Å². The molecule has 35 heavy (non-hydrogen) atoms. The number of aliphatic carboxylic acids is 2. The molecule has 182 valence electrons. The predicted octanol–water partition coefficient (Wildman–Crippen LogP) is 5.73. The van der Waals surface area contributed by atoms with Crippen molar-refractivity contribution in [3.63, 3.8) is 0 Å². The van der Waals surface area contributed by atoms with E-state index in [0.717, 1.165) is 29.5 Å². The summed E-state index contributed by atoms with van der Waals surface area (Å²) in [4.78, 5) is 36.7. The van der Waals surface area contributed by atoms with Crippen molar-refractivity contribution in [2.24, 2.45) is 0 Å². The van der Waals surface area contributed by atoms with Crippen LogP contribution in [0.15, 0.2) is 59.7 Å². The quantitative estimate of drug-likeness (QED) is 0.450. The molecule has 1 atom stereocenters. The SMILES string of the molecule is CCC(=O)c1ccc(OCc2c(C3CC3)cccc2C2(C(=O)O)C=CC(C)=C(C(=O)O)C2)c(C)c1. The van der Waals surface area contributed by atoms with Crippen LogP contribution in [-0.2, 0) is 21.6 Å². The molecule has 1 unspecified atom stereocenters. The van der Waals surface area contributed by atoms with Crippen molar-refractivity contribution in [2.45, 2.75) is 64.4 Å². The maximum atomic E-state index is 12.7. The summed E-state index contributed by atoms with van der Waals surface area (Å²) in [6.07, 6.45) is 5.56. The first kappa shape index (κ1) is 24.5. The zero-order valence-electron chi connectivity index (χ0n) is 20.3. The van der Waals surface area contributed by atoms with Gasteiger partial charge in [0.1, 0.15) is 17.8 Å². The number of ether oxygens (including phenoxy) is 1. The van der Waals surface area contributed by atoms with E-state index >= 15 is 0 Å². The van der Waals surface area contributed by atoms with Gasteiger partial charge < -0.3 is 14.9 Å². The number of allylic oxidation sites excluding steroid dienone is 2. The van der Waals surface area contributed by atoms with Gasteiger partial charge in [-0.15, -0.1) is 0 Å². The maximum absolute atomic E-state index is 12.7. The van der Waals surface area contributed by atoms with Crippen molar-refractivity contribution in [1.29, 1.82) is 0 Å². The van der Waals surface area contributed by atoms with Crippen LogP contribution in [0.25, 0.3) is 0 Å². The van der Waals surface area contributed by atoms with Crippen LogP contribution in [0.3, 0.4) is 0 Å². The fourth-order valence-corrected chi connectivity index (χ4v) is 4.84. The molecule has 2 aromatic carbocycles. The first-order valence-corrected chi connectivity index (χ1v) is 11.9. The number of ketones is 1. The van der Waals surface area contributed by atoms with Gasteiger partial charge in [0.2, 0.25) is 0 Å². The third-order valence-electron chi connectivity index (χ3n) is 7.09. The number of benzene rings is 2. The second-order valence-corrected chi connectivity index (χ2v) is 9.45. The Morgan fingerprint density at radius 1 is 1.09 bits per heavy atom. The standard InChI is InChI=1S/C29H30O6/c1-4-25(30)20-10-11-26(18(3)14-20)35-16-23-21(19-8-9-19)6-5-7-24(23)29(28(33)34)13-12-17(2)22(15-29)27(31)32/h5-7,10-14,19H,4,8-9,15-16H2,1-3H3,(H,31,32)(H,33,34). The largest absolute Gasteiger partial charge is 0.489 e. The van der Waals surface area contributed by atoms with Crippen molar-refractivity contribution < 1.29 is 29.3 Å². The van der Waals surface area contributed by atoms with E-state index < -0.39 is 17.4 Å². The fourth-order valence-electron chi connectivity index (χ4n) is 4.84. The fraction of sp³-hybridized carbons (Fsp3) is 0.345. The van der Waals surface area contributed by atoms with E-state index in [1.807, 2.05) is 32.0 Å². The highest BCUT2D eigenvalue weighted by Gasteiger charge is 2.44. The third-order valence-corrected chi connectivity index (χ3v) is 7.09. The Morgan fingerprint density at radius 2 is 1.83 bits per heavy atom. The van der Waals surface area contributed by atoms with Gasteiger partial charge in [0, 0.05) is 24.0 Å². The Hall–Kier alpha value is -3.67. The molecule has 1 saturated carbocycles. The highest BCUT2D eigenvalue weighted by molar-refractivity contribution is 5.96. The molecule has 0 radical (unpaired) electrons. The second-order valence-electron chi connectivity index (χ2n) is 9.45. The number of hydrogen-bond donors (Lipinski definition) is 2. The zero-order chi connectivity index (χ0) is 25.3. The average Bonchev–Trinajstić information content (AvgIpc) is 3.68. The van der Waals surface area contributed by atoms with Crippen molar-refractivity contribution in [3.05, 3.63) is 87.5 Å². The number of aryl methyl sites for hydroxylation is 1. The number of rotatable bonds is 9. The molecule has 2 N–H and O–H groups in total. The molecule has 0 bridgehead atoms. The minimum atomic E-state index is -1.50. The number of Topliss-reactive ketones (excluding diaryl/α,β-unsaturated/α-hetero) is 1. The van der Waals surface area contributed by atoms with E-state index in [4.69, 9.17) is 4.74 Å². The lowest BCUT2D eigenvalue weighted by molar-refractivity contribution is -0.142. The monoisotopic (exact) mass is 474 g/mol. The van der Waals surface area contributed by atoms with Crippen LogP contribution in [0, 0.1) is 6.92 Å². The smallest absolute Gasteiger partial charge is 0.331 e. The summed E-state index contributed by atoms with van der Waals surface area (Å²) >= 11 is 0. The predicted molar refractivity (Wildman–Crippen MR) is 132 cm³/mol. The van der Waals surface area contributed by atoms with Gasteiger partial charge in [-0.05, 0) is 78.6 Å². The molecule has 2 aromatic rings. The topological polar surface area (TPSA) is 101 Å². The van der Waals surface area contributed by atoms with Crippen LogP contribution in [-0.4, -0.2) is 27.9 Å². The number of carbonyl (C=O) groups is 3. The Labute approximate surface area is 204 Å². The molecule has 0 heterocycles. The molecule has 2 aliphatic carbocycles. The normalized spacial score (nSPS) is 19.5. The molecule has 0 spiro atoms. The van der Waals surface area contributed by atoms with Crippen LogP contribution < -0.4 is 4.74 Å². The summed E-state index contributed by atoms with van der Waals surface area (Å²) in [6, 6.07) is 11.0. The van der Waals surface area contributed by atoms with Gasteiger partial charge in [0.05, 0.1) is 0 Å².